The maximum atomic E-state index is 10.1. The molecule has 0 aliphatic heterocycles. The van der Waals surface area contributed by atoms with Crippen LogP contribution in [0.5, 0.6) is 0 Å². The molecule has 0 saturated carbocycles. The molecule has 1 unspecified atom stereocenters. The van der Waals surface area contributed by atoms with Crippen LogP contribution in [0.15, 0.2) is 30.3 Å². The van der Waals surface area contributed by atoms with Crippen LogP contribution in [0.1, 0.15) is 25.3 Å². The molecule has 0 saturated heterocycles. The summed E-state index contributed by atoms with van der Waals surface area (Å²) in [4.78, 5) is 2.25. The Kier molecular flexibility index (Phi) is 8.54. The third-order valence-electron chi connectivity index (χ3n) is 3.74. The van der Waals surface area contributed by atoms with Gasteiger partial charge in [-0.3, -0.25) is 0 Å². The van der Waals surface area contributed by atoms with Crippen molar-refractivity contribution in [3.05, 3.63) is 35.9 Å². The van der Waals surface area contributed by atoms with Crippen molar-refractivity contribution in [2.45, 2.75) is 25.3 Å². The van der Waals surface area contributed by atoms with E-state index in [1.165, 1.54) is 0 Å². The van der Waals surface area contributed by atoms with Crippen LogP contribution in [-0.2, 0) is 10.3 Å². The fourth-order valence-electron chi connectivity index (χ4n) is 2.59. The van der Waals surface area contributed by atoms with Crippen molar-refractivity contribution < 1.29 is 9.84 Å². The molecule has 4 heteroatoms. The molecule has 21 heavy (non-hydrogen) atoms. The molecule has 1 aromatic carbocycles. The zero-order valence-corrected chi connectivity index (χ0v) is 13.6. The van der Waals surface area contributed by atoms with E-state index in [2.05, 4.69) is 36.3 Å². The van der Waals surface area contributed by atoms with Crippen LogP contribution in [-0.4, -0.2) is 57.0 Å². The fourth-order valence-corrected chi connectivity index (χ4v) is 2.59. The first kappa shape index (κ1) is 18.1. The van der Waals surface area contributed by atoms with Gasteiger partial charge in [-0.1, -0.05) is 37.3 Å². The minimum Gasteiger partial charge on any atom is -0.394 e. The van der Waals surface area contributed by atoms with Crippen LogP contribution in [0.4, 0.5) is 0 Å². The Morgan fingerprint density at radius 2 is 2.00 bits per heavy atom. The summed E-state index contributed by atoms with van der Waals surface area (Å²) in [5, 5.41) is 13.6. The van der Waals surface area contributed by atoms with Crippen molar-refractivity contribution in [2.75, 3.05) is 47.0 Å². The average Bonchev–Trinajstić information content (AvgIpc) is 2.52. The summed E-state index contributed by atoms with van der Waals surface area (Å²) >= 11 is 0. The number of benzene rings is 1. The summed E-state index contributed by atoms with van der Waals surface area (Å²) < 4.78 is 5.11. The van der Waals surface area contributed by atoms with Gasteiger partial charge in [0.2, 0.25) is 0 Å². The third-order valence-corrected chi connectivity index (χ3v) is 3.74. The Morgan fingerprint density at radius 1 is 1.29 bits per heavy atom. The van der Waals surface area contributed by atoms with Crippen molar-refractivity contribution in [3.8, 4) is 0 Å². The van der Waals surface area contributed by atoms with Crippen molar-refractivity contribution in [1.82, 2.24) is 10.2 Å². The summed E-state index contributed by atoms with van der Waals surface area (Å²) in [5.74, 6) is 0. The van der Waals surface area contributed by atoms with Crippen LogP contribution in [0.25, 0.3) is 0 Å². The number of methoxy groups -OCH3 is 1. The van der Waals surface area contributed by atoms with Gasteiger partial charge in [-0.05, 0) is 32.0 Å². The average molecular weight is 294 g/mol. The van der Waals surface area contributed by atoms with Crippen molar-refractivity contribution in [2.24, 2.45) is 0 Å². The number of nitrogens with zero attached hydrogens (tertiary/aromatic N) is 1. The number of aliphatic hydroxyl groups is 1. The number of likely N-dealkylation sites (N-methyl/N-ethyl adjacent to an activating group) is 1. The van der Waals surface area contributed by atoms with Gasteiger partial charge in [0.25, 0.3) is 0 Å². The second kappa shape index (κ2) is 9.90. The van der Waals surface area contributed by atoms with Crippen molar-refractivity contribution >= 4 is 0 Å². The van der Waals surface area contributed by atoms with Gasteiger partial charge in [0.15, 0.2) is 0 Å². The number of aliphatic hydroxyl groups excluding tert-OH is 1. The predicted molar refractivity (Wildman–Crippen MR) is 87.5 cm³/mol. The molecule has 1 rings (SSSR count). The van der Waals surface area contributed by atoms with Gasteiger partial charge >= 0.3 is 0 Å². The number of hydrogen-bond donors (Lipinski definition) is 2. The molecule has 0 bridgehead atoms. The van der Waals surface area contributed by atoms with Gasteiger partial charge in [-0.25, -0.2) is 0 Å². The first-order valence-electron chi connectivity index (χ1n) is 7.77. The highest BCUT2D eigenvalue weighted by atomic mass is 16.5. The summed E-state index contributed by atoms with van der Waals surface area (Å²) in [7, 11) is 3.82. The number of rotatable bonds is 11. The van der Waals surface area contributed by atoms with Gasteiger partial charge in [-0.15, -0.1) is 0 Å². The van der Waals surface area contributed by atoms with E-state index in [0.717, 1.165) is 44.6 Å². The molecule has 0 fully saturated rings. The van der Waals surface area contributed by atoms with E-state index in [9.17, 15) is 5.11 Å². The molecule has 0 amide bonds. The summed E-state index contributed by atoms with van der Waals surface area (Å²) in [6, 6.07) is 10.2. The minimum atomic E-state index is -0.404. The number of nitrogens with one attached hydrogen (secondary N) is 1. The molecule has 1 atom stereocenters. The largest absolute Gasteiger partial charge is 0.394 e. The van der Waals surface area contributed by atoms with E-state index in [1.807, 2.05) is 18.2 Å². The van der Waals surface area contributed by atoms with E-state index >= 15 is 0 Å². The zero-order chi connectivity index (χ0) is 15.6. The highest BCUT2D eigenvalue weighted by Gasteiger charge is 2.31. The van der Waals surface area contributed by atoms with Gasteiger partial charge in [-0.2, -0.15) is 0 Å². The molecular weight excluding hydrogens is 264 g/mol. The SMILES string of the molecule is CCCNC(CO)(CN(C)CCCOC)c1ccccc1. The zero-order valence-electron chi connectivity index (χ0n) is 13.6. The Balaban J connectivity index is 2.80. The first-order valence-corrected chi connectivity index (χ1v) is 7.77. The molecule has 120 valence electrons. The van der Waals surface area contributed by atoms with Gasteiger partial charge < -0.3 is 20.1 Å². The highest BCUT2D eigenvalue weighted by molar-refractivity contribution is 5.25. The lowest BCUT2D eigenvalue weighted by molar-refractivity contribution is 0.111. The topological polar surface area (TPSA) is 44.7 Å². The second-order valence-electron chi connectivity index (χ2n) is 5.62. The van der Waals surface area contributed by atoms with Gasteiger partial charge in [0.1, 0.15) is 0 Å². The minimum absolute atomic E-state index is 0.0889. The number of hydrogen-bond acceptors (Lipinski definition) is 4. The lowest BCUT2D eigenvalue weighted by Crippen LogP contribution is -2.53. The van der Waals surface area contributed by atoms with Crippen LogP contribution in [0.3, 0.4) is 0 Å². The van der Waals surface area contributed by atoms with Crippen LogP contribution in [0, 0.1) is 0 Å². The molecule has 0 heterocycles. The monoisotopic (exact) mass is 294 g/mol. The maximum absolute atomic E-state index is 10.1. The van der Waals surface area contributed by atoms with E-state index in [0.29, 0.717) is 0 Å². The molecule has 0 aromatic heterocycles. The fraction of sp³-hybridized carbons (Fsp3) is 0.647. The molecule has 2 N–H and O–H groups in total. The summed E-state index contributed by atoms with van der Waals surface area (Å²) in [6.45, 7) is 5.62. The normalized spacial score (nSPS) is 14.3. The van der Waals surface area contributed by atoms with Crippen LogP contribution in [0.2, 0.25) is 0 Å². The first-order chi connectivity index (χ1) is 10.2. The molecule has 0 aliphatic rings. The van der Waals surface area contributed by atoms with Gasteiger partial charge in [0, 0.05) is 26.8 Å². The van der Waals surface area contributed by atoms with Crippen LogP contribution >= 0.6 is 0 Å². The Hall–Kier alpha value is -0.940. The van der Waals surface area contributed by atoms with Crippen molar-refractivity contribution in [1.29, 1.82) is 0 Å². The highest BCUT2D eigenvalue weighted by Crippen LogP contribution is 2.22. The maximum Gasteiger partial charge on any atom is 0.0797 e. The van der Waals surface area contributed by atoms with Gasteiger partial charge in [0.05, 0.1) is 12.1 Å². The molecule has 0 radical (unpaired) electrons. The van der Waals surface area contributed by atoms with E-state index < -0.39 is 5.54 Å². The molecular formula is C17H30N2O2. The smallest absolute Gasteiger partial charge is 0.0797 e. The molecule has 1 aromatic rings. The summed E-state index contributed by atoms with van der Waals surface area (Å²) in [6.07, 6.45) is 2.04. The Morgan fingerprint density at radius 3 is 2.57 bits per heavy atom. The lowest BCUT2D eigenvalue weighted by Gasteiger charge is -2.37. The Bertz CT molecular complexity index is 372. The molecule has 0 aliphatic carbocycles. The van der Waals surface area contributed by atoms with Crippen molar-refractivity contribution in [3.63, 3.8) is 0 Å². The number of ether oxygens (including phenoxy) is 1. The molecule has 4 nitrogen and oxygen atoms in total. The third kappa shape index (κ3) is 5.75. The van der Waals surface area contributed by atoms with E-state index in [4.69, 9.17) is 4.74 Å². The van der Waals surface area contributed by atoms with E-state index in [1.54, 1.807) is 7.11 Å². The van der Waals surface area contributed by atoms with E-state index in [-0.39, 0.29) is 6.61 Å². The quantitative estimate of drug-likeness (QED) is 0.611. The Labute approximate surface area is 129 Å². The predicted octanol–water partition coefficient (Wildman–Crippen LogP) is 1.84. The standard InChI is InChI=1S/C17H30N2O2/c1-4-11-18-17(15-20,16-9-6-5-7-10-16)14-19(2)12-8-13-21-3/h5-7,9-10,18,20H,4,8,11-15H2,1-3H3. The molecule has 0 spiro atoms. The van der Waals surface area contributed by atoms with Crippen LogP contribution < -0.4 is 5.32 Å². The summed E-state index contributed by atoms with van der Waals surface area (Å²) in [5.41, 5.74) is 0.735. The second-order valence-corrected chi connectivity index (χ2v) is 5.62. The lowest BCUT2D eigenvalue weighted by atomic mass is 9.89.